The van der Waals surface area contributed by atoms with Crippen LogP contribution in [-0.4, -0.2) is 15.9 Å². The summed E-state index contributed by atoms with van der Waals surface area (Å²) in [6.45, 7) is 1.94. The van der Waals surface area contributed by atoms with Crippen molar-refractivity contribution in [2.45, 2.75) is 6.92 Å². The lowest BCUT2D eigenvalue weighted by Crippen LogP contribution is -2.08. The maximum Gasteiger partial charge on any atom is 0.260 e. The van der Waals surface area contributed by atoms with Gasteiger partial charge >= 0.3 is 0 Å². The van der Waals surface area contributed by atoms with Crippen LogP contribution in [0.2, 0.25) is 0 Å². The molecule has 5 nitrogen and oxygen atoms in total. The first kappa shape index (κ1) is 10.6. The van der Waals surface area contributed by atoms with Crippen molar-refractivity contribution in [3.8, 4) is 0 Å². The van der Waals surface area contributed by atoms with Crippen LogP contribution in [0.1, 0.15) is 15.2 Å². The highest BCUT2D eigenvalue weighted by atomic mass is 32.1. The Morgan fingerprint density at radius 1 is 1.50 bits per heavy atom. The van der Waals surface area contributed by atoms with Crippen molar-refractivity contribution < 1.29 is 4.79 Å². The summed E-state index contributed by atoms with van der Waals surface area (Å²) in [5, 5.41) is 3.64. The maximum absolute atomic E-state index is 10.9. The van der Waals surface area contributed by atoms with E-state index in [1.165, 1.54) is 17.5 Å². The minimum Gasteiger partial charge on any atom is -0.365 e. The predicted octanol–water partition coefficient (Wildman–Crippen LogP) is 1.69. The van der Waals surface area contributed by atoms with Crippen molar-refractivity contribution in [2.24, 2.45) is 5.73 Å². The average Bonchev–Trinajstić information content (AvgIpc) is 2.70. The molecule has 3 N–H and O–H groups in total. The van der Waals surface area contributed by atoms with Gasteiger partial charge in [0.15, 0.2) is 5.13 Å². The van der Waals surface area contributed by atoms with Gasteiger partial charge in [0.2, 0.25) is 0 Å². The smallest absolute Gasteiger partial charge is 0.260 e. The number of hydrogen-bond donors (Lipinski definition) is 2. The van der Waals surface area contributed by atoms with Gasteiger partial charge in [-0.3, -0.25) is 4.79 Å². The third kappa shape index (κ3) is 2.17. The number of pyridine rings is 1. The second-order valence-electron chi connectivity index (χ2n) is 3.19. The number of nitrogens with two attached hydrogens (primary N) is 1. The minimum absolute atomic E-state index is 0.427. The summed E-state index contributed by atoms with van der Waals surface area (Å²) < 4.78 is 0. The van der Waals surface area contributed by atoms with E-state index in [2.05, 4.69) is 15.3 Å². The van der Waals surface area contributed by atoms with Crippen molar-refractivity contribution in [3.05, 3.63) is 35.0 Å². The quantitative estimate of drug-likeness (QED) is 0.846. The molecule has 0 bridgehead atoms. The number of thiazole rings is 1. The van der Waals surface area contributed by atoms with Gasteiger partial charge in [-0.15, -0.1) is 0 Å². The molecule has 0 fully saturated rings. The Balaban J connectivity index is 2.21. The molecule has 2 aromatic rings. The van der Waals surface area contributed by atoms with E-state index >= 15 is 0 Å². The largest absolute Gasteiger partial charge is 0.365 e. The molecule has 0 unspecified atom stereocenters. The van der Waals surface area contributed by atoms with Crippen molar-refractivity contribution in [1.29, 1.82) is 0 Å². The van der Waals surface area contributed by atoms with E-state index in [4.69, 9.17) is 5.73 Å². The third-order valence-electron chi connectivity index (χ3n) is 1.98. The minimum atomic E-state index is -0.469. The zero-order valence-electron chi connectivity index (χ0n) is 8.60. The molecule has 16 heavy (non-hydrogen) atoms. The zero-order valence-corrected chi connectivity index (χ0v) is 9.41. The summed E-state index contributed by atoms with van der Waals surface area (Å²) in [7, 11) is 0. The van der Waals surface area contributed by atoms with Gasteiger partial charge in [0, 0.05) is 6.20 Å². The van der Waals surface area contributed by atoms with Gasteiger partial charge in [-0.05, 0) is 18.6 Å². The molecular formula is C10H10N4OS. The van der Waals surface area contributed by atoms with Crippen LogP contribution in [0.15, 0.2) is 24.5 Å². The number of aryl methyl sites for hydroxylation is 1. The van der Waals surface area contributed by atoms with Crippen LogP contribution in [0.25, 0.3) is 0 Å². The van der Waals surface area contributed by atoms with Crippen molar-refractivity contribution in [1.82, 2.24) is 9.97 Å². The van der Waals surface area contributed by atoms with E-state index in [0.29, 0.717) is 10.0 Å². The Morgan fingerprint density at radius 3 is 2.94 bits per heavy atom. The van der Waals surface area contributed by atoms with Crippen LogP contribution in [0, 0.1) is 6.92 Å². The van der Waals surface area contributed by atoms with Gasteiger partial charge in [-0.2, -0.15) is 0 Å². The SMILES string of the molecule is Cc1cccnc1Nc1ncc(C(N)=O)s1. The second-order valence-corrected chi connectivity index (χ2v) is 4.22. The van der Waals surface area contributed by atoms with Crippen molar-refractivity contribution in [2.75, 3.05) is 5.32 Å². The summed E-state index contributed by atoms with van der Waals surface area (Å²) in [4.78, 5) is 19.5. The Hall–Kier alpha value is -1.95. The molecule has 2 heterocycles. The van der Waals surface area contributed by atoms with Crippen LogP contribution in [0.4, 0.5) is 10.9 Å². The first-order valence-electron chi connectivity index (χ1n) is 4.61. The fourth-order valence-corrected chi connectivity index (χ4v) is 1.83. The Labute approximate surface area is 96.3 Å². The van der Waals surface area contributed by atoms with Crippen molar-refractivity contribution in [3.63, 3.8) is 0 Å². The highest BCUT2D eigenvalue weighted by Crippen LogP contribution is 2.22. The number of rotatable bonds is 3. The monoisotopic (exact) mass is 234 g/mol. The van der Waals surface area contributed by atoms with Gasteiger partial charge in [-0.25, -0.2) is 9.97 Å². The summed E-state index contributed by atoms with van der Waals surface area (Å²) in [6, 6.07) is 3.80. The average molecular weight is 234 g/mol. The molecule has 0 aliphatic rings. The Bertz CT molecular complexity index is 523. The second kappa shape index (κ2) is 4.28. The van der Waals surface area contributed by atoms with E-state index in [9.17, 15) is 4.79 Å². The van der Waals surface area contributed by atoms with Gasteiger partial charge in [0.25, 0.3) is 5.91 Å². The molecule has 0 aliphatic heterocycles. The molecule has 0 saturated heterocycles. The predicted molar refractivity (Wildman–Crippen MR) is 62.9 cm³/mol. The van der Waals surface area contributed by atoms with Crippen LogP contribution in [-0.2, 0) is 0 Å². The number of carbonyl (C=O) groups excluding carboxylic acids is 1. The lowest BCUT2D eigenvalue weighted by atomic mass is 10.3. The number of carbonyl (C=O) groups is 1. The molecular weight excluding hydrogens is 224 g/mol. The van der Waals surface area contributed by atoms with E-state index < -0.39 is 5.91 Å². The first-order valence-corrected chi connectivity index (χ1v) is 5.43. The highest BCUT2D eigenvalue weighted by molar-refractivity contribution is 7.17. The zero-order chi connectivity index (χ0) is 11.5. The number of aromatic nitrogens is 2. The number of amides is 1. The number of hydrogen-bond acceptors (Lipinski definition) is 5. The van der Waals surface area contributed by atoms with Gasteiger partial charge < -0.3 is 11.1 Å². The fourth-order valence-electron chi connectivity index (χ4n) is 1.16. The molecule has 82 valence electrons. The number of nitrogens with one attached hydrogen (secondary N) is 1. The summed E-state index contributed by atoms with van der Waals surface area (Å²) in [5.74, 6) is 0.260. The third-order valence-corrected chi connectivity index (χ3v) is 2.91. The maximum atomic E-state index is 10.9. The van der Waals surface area contributed by atoms with Crippen LogP contribution >= 0.6 is 11.3 Å². The number of anilines is 2. The van der Waals surface area contributed by atoms with E-state index in [1.807, 2.05) is 19.1 Å². The van der Waals surface area contributed by atoms with Gasteiger partial charge in [0.05, 0.1) is 6.20 Å². The van der Waals surface area contributed by atoms with E-state index in [1.54, 1.807) is 6.20 Å². The van der Waals surface area contributed by atoms with E-state index in [0.717, 1.165) is 11.4 Å². The molecule has 0 aliphatic carbocycles. The Kier molecular flexibility index (Phi) is 2.82. The lowest BCUT2D eigenvalue weighted by molar-refractivity contribution is 0.100. The van der Waals surface area contributed by atoms with Crippen LogP contribution in [0.5, 0.6) is 0 Å². The lowest BCUT2D eigenvalue weighted by Gasteiger charge is -2.03. The topological polar surface area (TPSA) is 80.9 Å². The molecule has 2 aromatic heterocycles. The first-order chi connectivity index (χ1) is 7.66. The molecule has 0 radical (unpaired) electrons. The molecule has 0 spiro atoms. The van der Waals surface area contributed by atoms with Crippen LogP contribution < -0.4 is 11.1 Å². The van der Waals surface area contributed by atoms with Gasteiger partial charge in [0.1, 0.15) is 10.7 Å². The number of nitrogens with zero attached hydrogens (tertiary/aromatic N) is 2. The number of primary amides is 1. The molecule has 6 heteroatoms. The highest BCUT2D eigenvalue weighted by Gasteiger charge is 2.07. The fraction of sp³-hybridized carbons (Fsp3) is 0.100. The van der Waals surface area contributed by atoms with E-state index in [-0.39, 0.29) is 0 Å². The summed E-state index contributed by atoms with van der Waals surface area (Å²) in [5.41, 5.74) is 6.15. The molecule has 0 saturated carbocycles. The van der Waals surface area contributed by atoms with Crippen LogP contribution in [0.3, 0.4) is 0 Å². The Morgan fingerprint density at radius 2 is 2.31 bits per heavy atom. The summed E-state index contributed by atoms with van der Waals surface area (Å²) in [6.07, 6.45) is 3.14. The molecule has 1 amide bonds. The molecule has 0 atom stereocenters. The normalized spacial score (nSPS) is 10.1. The molecule has 0 aromatic carbocycles. The van der Waals surface area contributed by atoms with Crippen molar-refractivity contribution >= 4 is 28.2 Å². The van der Waals surface area contributed by atoms with Gasteiger partial charge in [-0.1, -0.05) is 17.4 Å². The summed E-state index contributed by atoms with van der Waals surface area (Å²) >= 11 is 1.21. The standard InChI is InChI=1S/C10H10N4OS/c1-6-3-2-4-12-9(6)14-10-13-5-7(16-10)8(11)15/h2-5H,1H3,(H2,11,15)(H,12,13,14). The molecule has 2 rings (SSSR count).